The summed E-state index contributed by atoms with van der Waals surface area (Å²) in [6, 6.07) is 20.1. The first kappa shape index (κ1) is 23.2. The molecule has 0 saturated carbocycles. The van der Waals surface area contributed by atoms with Crippen LogP contribution in [-0.4, -0.2) is 20.9 Å². The summed E-state index contributed by atoms with van der Waals surface area (Å²) in [7, 11) is 0. The van der Waals surface area contributed by atoms with E-state index in [0.717, 1.165) is 28.9 Å². The van der Waals surface area contributed by atoms with E-state index in [4.69, 9.17) is 0 Å². The Balaban J connectivity index is 1.32. The first-order chi connectivity index (χ1) is 17.3. The summed E-state index contributed by atoms with van der Waals surface area (Å²) in [5.74, 6) is -1.25. The van der Waals surface area contributed by atoms with Crippen LogP contribution in [0.5, 0.6) is 0 Å². The summed E-state index contributed by atoms with van der Waals surface area (Å²) in [4.78, 5) is 23.3. The van der Waals surface area contributed by atoms with Crippen LogP contribution in [-0.2, 0) is 17.4 Å². The number of halogens is 4. The monoisotopic (exact) mass is 490 g/mol. The van der Waals surface area contributed by atoms with Crippen LogP contribution in [0.1, 0.15) is 11.3 Å². The van der Waals surface area contributed by atoms with Gasteiger partial charge < -0.3 is 10.3 Å². The number of pyridine rings is 2. The molecule has 9 heteroatoms. The molecule has 3 heterocycles. The smallest absolute Gasteiger partial charge is 0.339 e. The molecule has 2 aromatic carbocycles. The molecule has 0 radical (unpaired) electrons. The second-order valence-electron chi connectivity index (χ2n) is 8.17. The maximum absolute atomic E-state index is 14.8. The predicted molar refractivity (Wildman–Crippen MR) is 128 cm³/mol. The Morgan fingerprint density at radius 1 is 0.889 bits per heavy atom. The zero-order valence-electron chi connectivity index (χ0n) is 18.6. The number of aromatic nitrogens is 3. The van der Waals surface area contributed by atoms with Crippen LogP contribution in [0, 0.1) is 5.82 Å². The fraction of sp³-hybridized carbons (Fsp3) is 0.0741. The van der Waals surface area contributed by atoms with E-state index in [-0.39, 0.29) is 17.7 Å². The summed E-state index contributed by atoms with van der Waals surface area (Å²) in [5, 5.41) is 3.22. The number of nitrogens with zero attached hydrogens (tertiary/aromatic N) is 2. The molecule has 3 aromatic heterocycles. The van der Waals surface area contributed by atoms with Crippen molar-refractivity contribution in [2.75, 3.05) is 5.32 Å². The van der Waals surface area contributed by atoms with E-state index in [9.17, 15) is 22.4 Å². The quantitative estimate of drug-likeness (QED) is 0.272. The summed E-state index contributed by atoms with van der Waals surface area (Å²) in [5.41, 5.74) is 2.84. The number of benzene rings is 2. The summed E-state index contributed by atoms with van der Waals surface area (Å²) >= 11 is 0. The van der Waals surface area contributed by atoms with Crippen LogP contribution in [0.3, 0.4) is 0 Å². The molecule has 5 nitrogen and oxygen atoms in total. The summed E-state index contributed by atoms with van der Waals surface area (Å²) in [6.45, 7) is 0. The van der Waals surface area contributed by atoms with Crippen molar-refractivity contribution in [1.82, 2.24) is 15.0 Å². The molecule has 0 atom stereocenters. The van der Waals surface area contributed by atoms with Crippen molar-refractivity contribution in [2.24, 2.45) is 0 Å². The van der Waals surface area contributed by atoms with Crippen molar-refractivity contribution in [1.29, 1.82) is 0 Å². The summed E-state index contributed by atoms with van der Waals surface area (Å²) < 4.78 is 53.3. The number of anilines is 1. The van der Waals surface area contributed by atoms with Crippen molar-refractivity contribution >= 4 is 22.6 Å². The molecule has 0 bridgehead atoms. The average Bonchev–Trinajstić information content (AvgIpc) is 3.29. The zero-order chi connectivity index (χ0) is 25.3. The number of carbonyl (C=O) groups excluding carboxylic acids is 1. The molecule has 0 aliphatic heterocycles. The third-order valence-electron chi connectivity index (χ3n) is 5.63. The molecular formula is C27H18F4N4O. The predicted octanol–water partition coefficient (Wildman–Crippen LogP) is 6.63. The van der Waals surface area contributed by atoms with Gasteiger partial charge in [0.2, 0.25) is 5.91 Å². The van der Waals surface area contributed by atoms with Gasteiger partial charge >= 0.3 is 6.18 Å². The van der Waals surface area contributed by atoms with E-state index in [2.05, 4.69) is 20.3 Å². The second kappa shape index (κ2) is 9.26. The lowest BCUT2D eigenvalue weighted by Crippen LogP contribution is -2.16. The van der Waals surface area contributed by atoms with Crippen LogP contribution >= 0.6 is 0 Å². The van der Waals surface area contributed by atoms with E-state index in [1.807, 2.05) is 42.5 Å². The third-order valence-corrected chi connectivity index (χ3v) is 5.63. The van der Waals surface area contributed by atoms with Crippen LogP contribution in [0.4, 0.5) is 23.2 Å². The van der Waals surface area contributed by atoms with E-state index in [1.165, 1.54) is 18.2 Å². The van der Waals surface area contributed by atoms with Crippen molar-refractivity contribution in [3.8, 4) is 22.4 Å². The maximum Gasteiger partial charge on any atom is 0.433 e. The number of alkyl halides is 3. The largest absolute Gasteiger partial charge is 0.433 e. The molecule has 2 N–H and O–H groups in total. The van der Waals surface area contributed by atoms with E-state index in [1.54, 1.807) is 12.3 Å². The van der Waals surface area contributed by atoms with Gasteiger partial charge in [-0.2, -0.15) is 13.2 Å². The van der Waals surface area contributed by atoms with Crippen LogP contribution in [0.25, 0.3) is 33.4 Å². The number of nitrogens with one attached hydrogen (secondary N) is 2. The topological polar surface area (TPSA) is 70.7 Å². The number of hydrogen-bond acceptors (Lipinski definition) is 3. The van der Waals surface area contributed by atoms with Gasteiger partial charge in [0, 0.05) is 34.7 Å². The van der Waals surface area contributed by atoms with Crippen molar-refractivity contribution in [3.63, 3.8) is 0 Å². The second-order valence-corrected chi connectivity index (χ2v) is 8.17. The van der Waals surface area contributed by atoms with Gasteiger partial charge in [-0.3, -0.25) is 9.78 Å². The lowest BCUT2D eigenvalue weighted by molar-refractivity contribution is -0.141. The Hall–Kier alpha value is -4.53. The van der Waals surface area contributed by atoms with E-state index < -0.39 is 23.6 Å². The molecular weight excluding hydrogens is 472 g/mol. The highest BCUT2D eigenvalue weighted by molar-refractivity contribution is 5.92. The van der Waals surface area contributed by atoms with Gasteiger partial charge in [-0.05, 0) is 47.0 Å². The minimum absolute atomic E-state index is 0.0693. The number of fused-ring (bicyclic) bond motifs is 1. The van der Waals surface area contributed by atoms with Gasteiger partial charge in [0.25, 0.3) is 0 Å². The number of hydrogen-bond donors (Lipinski definition) is 2. The van der Waals surface area contributed by atoms with Crippen LogP contribution in [0.2, 0.25) is 0 Å². The average molecular weight is 490 g/mol. The highest BCUT2D eigenvalue weighted by Crippen LogP contribution is 2.30. The van der Waals surface area contributed by atoms with Gasteiger partial charge in [-0.15, -0.1) is 0 Å². The lowest BCUT2D eigenvalue weighted by atomic mass is 10.0. The highest BCUT2D eigenvalue weighted by atomic mass is 19.4. The SMILES string of the molecule is O=C(Cc1ccc(-c2cnc3[nH]c(-c4ccccc4)cc3c2)cc1F)Nc1ccnc(C(F)(F)F)c1. The lowest BCUT2D eigenvalue weighted by Gasteiger charge is -2.10. The standard InChI is InChI=1S/C27H18F4N4O/c28-22-11-17(20-10-19-12-23(35-26(19)33-15-20)16-4-2-1-3-5-16)6-7-18(22)13-25(36)34-21-8-9-32-24(14-21)27(29,30)31/h1-12,14-15H,13H2,(H,33,35)(H,32,34,36). The van der Waals surface area contributed by atoms with Gasteiger partial charge in [-0.25, -0.2) is 9.37 Å². The third kappa shape index (κ3) is 4.95. The fourth-order valence-corrected chi connectivity index (χ4v) is 3.86. The van der Waals surface area contributed by atoms with Crippen LogP contribution in [0.15, 0.2) is 85.2 Å². The number of carbonyl (C=O) groups is 1. The Morgan fingerprint density at radius 3 is 2.44 bits per heavy atom. The molecule has 5 rings (SSSR count). The Bertz CT molecular complexity index is 1560. The number of aromatic amines is 1. The minimum Gasteiger partial charge on any atom is -0.339 e. The molecule has 0 fully saturated rings. The molecule has 0 aliphatic rings. The number of rotatable bonds is 5. The Morgan fingerprint density at radius 2 is 1.69 bits per heavy atom. The molecule has 36 heavy (non-hydrogen) atoms. The van der Waals surface area contributed by atoms with Gasteiger partial charge in [-0.1, -0.05) is 42.5 Å². The molecule has 0 saturated heterocycles. The Labute approximate surface area is 202 Å². The van der Waals surface area contributed by atoms with Crippen molar-refractivity contribution < 1.29 is 22.4 Å². The Kier molecular flexibility index (Phi) is 5.97. The van der Waals surface area contributed by atoms with Gasteiger partial charge in [0.15, 0.2) is 0 Å². The van der Waals surface area contributed by atoms with Gasteiger partial charge in [0.05, 0.1) is 6.42 Å². The fourth-order valence-electron chi connectivity index (χ4n) is 3.86. The van der Waals surface area contributed by atoms with E-state index >= 15 is 0 Å². The van der Waals surface area contributed by atoms with E-state index in [0.29, 0.717) is 16.8 Å². The zero-order valence-corrected chi connectivity index (χ0v) is 18.6. The number of amides is 1. The summed E-state index contributed by atoms with van der Waals surface area (Å²) in [6.07, 6.45) is -2.39. The minimum atomic E-state index is -4.63. The number of H-pyrrole nitrogens is 1. The molecule has 0 aliphatic carbocycles. The molecule has 0 spiro atoms. The molecule has 1 amide bonds. The molecule has 0 unspecified atom stereocenters. The first-order valence-electron chi connectivity index (χ1n) is 10.9. The normalized spacial score (nSPS) is 11.6. The van der Waals surface area contributed by atoms with Gasteiger partial charge in [0.1, 0.15) is 17.2 Å². The van der Waals surface area contributed by atoms with Crippen LogP contribution < -0.4 is 5.32 Å². The molecule has 5 aromatic rings. The van der Waals surface area contributed by atoms with Crippen molar-refractivity contribution in [3.05, 3.63) is 102 Å². The van der Waals surface area contributed by atoms with Crippen molar-refractivity contribution in [2.45, 2.75) is 12.6 Å². The first-order valence-corrected chi connectivity index (χ1v) is 10.9. The highest BCUT2D eigenvalue weighted by Gasteiger charge is 2.32. The molecule has 180 valence electrons. The maximum atomic E-state index is 14.8.